The van der Waals surface area contributed by atoms with Crippen LogP contribution in [0.15, 0.2) is 42.5 Å². The fourth-order valence-electron chi connectivity index (χ4n) is 2.81. The molecule has 0 fully saturated rings. The lowest BCUT2D eigenvalue weighted by Crippen LogP contribution is -3.12. The number of carbonyl (C=O) groups excluding carboxylic acids is 1. The zero-order valence-electron chi connectivity index (χ0n) is 12.0. The molecule has 1 aliphatic heterocycles. The number of halogens is 2. The van der Waals surface area contributed by atoms with Crippen LogP contribution in [-0.2, 0) is 17.8 Å². The largest absolute Gasteiger partial charge is 0.323 e. The molecular formula is C17H17ClFN2O+. The minimum Gasteiger partial charge on any atom is -0.323 e. The van der Waals surface area contributed by atoms with Crippen LogP contribution in [0, 0.1) is 5.82 Å². The lowest BCUT2D eigenvalue weighted by Gasteiger charge is -2.25. The number of nitrogens with one attached hydrogen (secondary N) is 2. The van der Waals surface area contributed by atoms with Crippen LogP contribution in [-0.4, -0.2) is 19.0 Å². The molecule has 5 heteroatoms. The normalized spacial score (nSPS) is 16.9. The monoisotopic (exact) mass is 319 g/mol. The van der Waals surface area contributed by atoms with Crippen molar-refractivity contribution in [2.24, 2.45) is 0 Å². The van der Waals surface area contributed by atoms with E-state index in [0.717, 1.165) is 19.5 Å². The van der Waals surface area contributed by atoms with Crippen LogP contribution >= 0.6 is 11.6 Å². The van der Waals surface area contributed by atoms with Gasteiger partial charge in [0, 0.05) is 12.0 Å². The number of quaternary nitrogens is 1. The average Bonchev–Trinajstić information content (AvgIpc) is 2.50. The SMILES string of the molecule is O=C(C[NH+]1CCc2ccccc2C1)Nc1ccc(F)cc1Cl. The molecule has 0 saturated heterocycles. The van der Waals surface area contributed by atoms with Crippen molar-refractivity contribution >= 4 is 23.2 Å². The summed E-state index contributed by atoms with van der Waals surface area (Å²) in [7, 11) is 0. The smallest absolute Gasteiger partial charge is 0.279 e. The highest BCUT2D eigenvalue weighted by atomic mass is 35.5. The van der Waals surface area contributed by atoms with E-state index in [-0.39, 0.29) is 10.9 Å². The highest BCUT2D eigenvalue weighted by molar-refractivity contribution is 6.33. The van der Waals surface area contributed by atoms with Gasteiger partial charge in [0.1, 0.15) is 12.4 Å². The molecule has 0 saturated carbocycles. The predicted octanol–water partition coefficient (Wildman–Crippen LogP) is 2.06. The number of hydrogen-bond donors (Lipinski definition) is 2. The Morgan fingerprint density at radius 2 is 2.00 bits per heavy atom. The van der Waals surface area contributed by atoms with E-state index in [2.05, 4.69) is 17.4 Å². The van der Waals surface area contributed by atoms with Crippen molar-refractivity contribution in [2.45, 2.75) is 13.0 Å². The van der Waals surface area contributed by atoms with E-state index in [1.165, 1.54) is 34.2 Å². The predicted molar refractivity (Wildman–Crippen MR) is 84.6 cm³/mol. The van der Waals surface area contributed by atoms with Crippen molar-refractivity contribution in [3.63, 3.8) is 0 Å². The van der Waals surface area contributed by atoms with Crippen LogP contribution in [0.4, 0.5) is 10.1 Å². The van der Waals surface area contributed by atoms with Crippen LogP contribution in [0.1, 0.15) is 11.1 Å². The molecule has 1 unspecified atom stereocenters. The van der Waals surface area contributed by atoms with Gasteiger partial charge in [0.25, 0.3) is 5.91 Å². The number of carbonyl (C=O) groups is 1. The van der Waals surface area contributed by atoms with Gasteiger partial charge in [-0.1, -0.05) is 35.9 Å². The molecule has 2 N–H and O–H groups in total. The van der Waals surface area contributed by atoms with E-state index in [1.54, 1.807) is 0 Å². The molecule has 0 spiro atoms. The molecular weight excluding hydrogens is 303 g/mol. The third-order valence-electron chi connectivity index (χ3n) is 3.92. The van der Waals surface area contributed by atoms with Gasteiger partial charge in [-0.2, -0.15) is 0 Å². The van der Waals surface area contributed by atoms with Gasteiger partial charge in [-0.05, 0) is 23.8 Å². The Hall–Kier alpha value is -1.91. The lowest BCUT2D eigenvalue weighted by atomic mass is 10.00. The van der Waals surface area contributed by atoms with E-state index in [9.17, 15) is 9.18 Å². The summed E-state index contributed by atoms with van der Waals surface area (Å²) in [5.74, 6) is -0.524. The van der Waals surface area contributed by atoms with Crippen LogP contribution in [0.3, 0.4) is 0 Å². The number of anilines is 1. The van der Waals surface area contributed by atoms with E-state index < -0.39 is 5.82 Å². The molecule has 0 aliphatic carbocycles. The molecule has 2 aromatic carbocycles. The second-order valence-corrected chi connectivity index (χ2v) is 5.95. The first kappa shape index (κ1) is 15.0. The number of fused-ring (bicyclic) bond motifs is 1. The van der Waals surface area contributed by atoms with Gasteiger partial charge < -0.3 is 10.2 Å². The molecule has 1 atom stereocenters. The fraction of sp³-hybridized carbons (Fsp3) is 0.235. The molecule has 3 rings (SSSR count). The van der Waals surface area contributed by atoms with Crippen molar-refractivity contribution in [3.05, 3.63) is 64.4 Å². The Morgan fingerprint density at radius 1 is 1.23 bits per heavy atom. The maximum absolute atomic E-state index is 13.0. The first-order valence-corrected chi connectivity index (χ1v) is 7.65. The second-order valence-electron chi connectivity index (χ2n) is 5.54. The Bertz CT molecular complexity index is 705. The summed E-state index contributed by atoms with van der Waals surface area (Å²) in [5, 5.41) is 2.97. The van der Waals surface area contributed by atoms with Gasteiger partial charge in [-0.3, -0.25) is 4.79 Å². The Labute approximate surface area is 133 Å². The molecule has 0 radical (unpaired) electrons. The standard InChI is InChI=1S/C17H16ClFN2O/c18-15-9-14(19)5-6-16(15)20-17(22)11-21-8-7-12-3-1-2-4-13(12)10-21/h1-6,9H,7-8,10-11H2,(H,20,22)/p+1. The highest BCUT2D eigenvalue weighted by Crippen LogP contribution is 2.22. The Kier molecular flexibility index (Phi) is 4.41. The fourth-order valence-corrected chi connectivity index (χ4v) is 3.02. The minimum absolute atomic E-state index is 0.108. The Morgan fingerprint density at radius 3 is 2.77 bits per heavy atom. The Balaban J connectivity index is 1.61. The maximum atomic E-state index is 13.0. The second kappa shape index (κ2) is 6.46. The number of rotatable bonds is 3. The highest BCUT2D eigenvalue weighted by Gasteiger charge is 2.21. The lowest BCUT2D eigenvalue weighted by molar-refractivity contribution is -0.907. The van der Waals surface area contributed by atoms with Crippen LogP contribution in [0.2, 0.25) is 5.02 Å². The van der Waals surface area contributed by atoms with E-state index in [1.807, 2.05) is 12.1 Å². The minimum atomic E-state index is -0.415. The van der Waals surface area contributed by atoms with Crippen molar-refractivity contribution in [1.82, 2.24) is 0 Å². The first-order chi connectivity index (χ1) is 10.6. The van der Waals surface area contributed by atoms with Gasteiger partial charge in [0.2, 0.25) is 0 Å². The molecule has 22 heavy (non-hydrogen) atoms. The molecule has 2 aromatic rings. The van der Waals surface area contributed by atoms with E-state index in [0.29, 0.717) is 12.2 Å². The van der Waals surface area contributed by atoms with Crippen LogP contribution in [0.5, 0.6) is 0 Å². The van der Waals surface area contributed by atoms with E-state index >= 15 is 0 Å². The maximum Gasteiger partial charge on any atom is 0.279 e. The quantitative estimate of drug-likeness (QED) is 0.892. The summed E-state index contributed by atoms with van der Waals surface area (Å²) in [5.41, 5.74) is 3.12. The summed E-state index contributed by atoms with van der Waals surface area (Å²) >= 11 is 5.92. The van der Waals surface area contributed by atoms with Gasteiger partial charge in [-0.25, -0.2) is 4.39 Å². The van der Waals surface area contributed by atoms with Crippen molar-refractivity contribution in [1.29, 1.82) is 0 Å². The number of hydrogen-bond acceptors (Lipinski definition) is 1. The number of benzene rings is 2. The molecule has 1 aliphatic rings. The number of amides is 1. The van der Waals surface area contributed by atoms with Gasteiger partial charge in [0.15, 0.2) is 6.54 Å². The summed E-state index contributed by atoms with van der Waals surface area (Å²) in [6.07, 6.45) is 0.982. The molecule has 114 valence electrons. The molecule has 1 amide bonds. The van der Waals surface area contributed by atoms with Crippen LogP contribution < -0.4 is 10.2 Å². The van der Waals surface area contributed by atoms with Crippen molar-refractivity contribution < 1.29 is 14.1 Å². The summed E-state index contributed by atoms with van der Waals surface area (Å²) in [4.78, 5) is 13.4. The van der Waals surface area contributed by atoms with Gasteiger partial charge >= 0.3 is 0 Å². The third kappa shape index (κ3) is 3.46. The molecule has 1 heterocycles. The van der Waals surface area contributed by atoms with Crippen molar-refractivity contribution in [2.75, 3.05) is 18.4 Å². The zero-order chi connectivity index (χ0) is 15.5. The first-order valence-electron chi connectivity index (χ1n) is 7.27. The van der Waals surface area contributed by atoms with Gasteiger partial charge in [-0.15, -0.1) is 0 Å². The summed E-state index contributed by atoms with van der Waals surface area (Å²) in [6.45, 7) is 2.16. The van der Waals surface area contributed by atoms with Gasteiger partial charge in [0.05, 0.1) is 17.3 Å². The average molecular weight is 320 g/mol. The summed E-state index contributed by atoms with van der Waals surface area (Å²) < 4.78 is 13.0. The molecule has 0 bridgehead atoms. The van der Waals surface area contributed by atoms with Crippen LogP contribution in [0.25, 0.3) is 0 Å². The molecule has 3 nitrogen and oxygen atoms in total. The van der Waals surface area contributed by atoms with Crippen molar-refractivity contribution in [3.8, 4) is 0 Å². The third-order valence-corrected chi connectivity index (χ3v) is 4.24. The zero-order valence-corrected chi connectivity index (χ0v) is 12.8. The molecule has 0 aromatic heterocycles. The summed E-state index contributed by atoms with van der Waals surface area (Å²) in [6, 6.07) is 12.3. The topological polar surface area (TPSA) is 33.5 Å². The van der Waals surface area contributed by atoms with E-state index in [4.69, 9.17) is 11.6 Å².